The van der Waals surface area contributed by atoms with Crippen LogP contribution in [0.4, 0.5) is 0 Å². The molecule has 15 heavy (non-hydrogen) atoms. The lowest BCUT2D eigenvalue weighted by Crippen LogP contribution is -1.93. The quantitative estimate of drug-likeness (QED) is 0.767. The van der Waals surface area contributed by atoms with E-state index in [0.29, 0.717) is 0 Å². The monoisotopic (exact) mass is 202 g/mol. The molecular weight excluding hydrogens is 188 g/mol. The molecule has 0 unspecified atom stereocenters. The second-order valence-electron chi connectivity index (χ2n) is 3.45. The predicted octanol–water partition coefficient (Wildman–Crippen LogP) is 2.59. The van der Waals surface area contributed by atoms with Gasteiger partial charge in [-0.3, -0.25) is 0 Å². The van der Waals surface area contributed by atoms with E-state index in [2.05, 4.69) is 16.9 Å². The van der Waals surface area contributed by atoms with Gasteiger partial charge in [0.2, 0.25) is 0 Å². The predicted molar refractivity (Wildman–Crippen MR) is 60.1 cm³/mol. The largest absolute Gasteiger partial charge is 0.497 e. The van der Waals surface area contributed by atoms with Gasteiger partial charge in [-0.2, -0.15) is 0 Å². The molecule has 3 nitrogen and oxygen atoms in total. The number of rotatable bonds is 3. The Labute approximate surface area is 89.1 Å². The third kappa shape index (κ3) is 1.91. The Kier molecular flexibility index (Phi) is 2.81. The van der Waals surface area contributed by atoms with Crippen molar-refractivity contribution in [1.82, 2.24) is 9.97 Å². The summed E-state index contributed by atoms with van der Waals surface area (Å²) in [7, 11) is 1.66. The van der Waals surface area contributed by atoms with Gasteiger partial charge in [0.1, 0.15) is 12.1 Å². The van der Waals surface area contributed by atoms with Crippen LogP contribution < -0.4 is 4.74 Å². The van der Waals surface area contributed by atoms with Gasteiger partial charge < -0.3 is 4.74 Å². The van der Waals surface area contributed by atoms with E-state index in [1.807, 2.05) is 18.2 Å². The van der Waals surface area contributed by atoms with Gasteiger partial charge in [0.25, 0.3) is 0 Å². The summed E-state index contributed by atoms with van der Waals surface area (Å²) < 4.78 is 5.16. The molecule has 0 atom stereocenters. The van der Waals surface area contributed by atoms with Gasteiger partial charge in [0.05, 0.1) is 18.3 Å². The van der Waals surface area contributed by atoms with Gasteiger partial charge in [-0.25, -0.2) is 9.97 Å². The van der Waals surface area contributed by atoms with Crippen LogP contribution in [-0.2, 0) is 6.42 Å². The second-order valence-corrected chi connectivity index (χ2v) is 3.45. The van der Waals surface area contributed by atoms with Crippen LogP contribution in [-0.4, -0.2) is 17.1 Å². The third-order valence-corrected chi connectivity index (χ3v) is 2.41. The van der Waals surface area contributed by atoms with E-state index in [4.69, 9.17) is 4.74 Å². The Hall–Kier alpha value is -1.64. The average molecular weight is 202 g/mol. The van der Waals surface area contributed by atoms with Crippen molar-refractivity contribution in [2.45, 2.75) is 19.8 Å². The molecule has 0 fully saturated rings. The molecule has 0 saturated heterocycles. The summed E-state index contributed by atoms with van der Waals surface area (Å²) in [6.45, 7) is 2.15. The fraction of sp³-hybridized carbons (Fsp3) is 0.333. The summed E-state index contributed by atoms with van der Waals surface area (Å²) in [5.41, 5.74) is 2.07. The molecular formula is C12H14N2O. The second kappa shape index (κ2) is 4.26. The van der Waals surface area contributed by atoms with Gasteiger partial charge in [-0.1, -0.05) is 13.3 Å². The Morgan fingerprint density at radius 1 is 1.27 bits per heavy atom. The number of aryl methyl sites for hydroxylation is 1. The standard InChI is InChI=1S/C12H14N2O/c1-3-4-11-10-6-5-9(15-2)7-12(10)14-8-13-11/h5-8H,3-4H2,1-2H3. The summed E-state index contributed by atoms with van der Waals surface area (Å²) in [6.07, 6.45) is 3.70. The first-order valence-corrected chi connectivity index (χ1v) is 5.12. The maximum Gasteiger partial charge on any atom is 0.121 e. The van der Waals surface area contributed by atoms with Crippen molar-refractivity contribution in [1.29, 1.82) is 0 Å². The van der Waals surface area contributed by atoms with Crippen LogP contribution in [0.15, 0.2) is 24.5 Å². The molecule has 2 rings (SSSR count). The first-order valence-electron chi connectivity index (χ1n) is 5.12. The molecule has 0 aliphatic rings. The minimum atomic E-state index is 0.837. The lowest BCUT2D eigenvalue weighted by atomic mass is 10.1. The fourth-order valence-corrected chi connectivity index (χ4v) is 1.66. The highest BCUT2D eigenvalue weighted by atomic mass is 16.5. The average Bonchev–Trinajstić information content (AvgIpc) is 2.29. The lowest BCUT2D eigenvalue weighted by molar-refractivity contribution is 0.415. The molecule has 1 aromatic heterocycles. The molecule has 2 aromatic rings. The van der Waals surface area contributed by atoms with E-state index < -0.39 is 0 Å². The van der Waals surface area contributed by atoms with Crippen LogP contribution in [0.25, 0.3) is 10.9 Å². The zero-order chi connectivity index (χ0) is 10.7. The minimum Gasteiger partial charge on any atom is -0.497 e. The molecule has 0 N–H and O–H groups in total. The molecule has 78 valence electrons. The normalized spacial score (nSPS) is 10.5. The summed E-state index contributed by atoms with van der Waals surface area (Å²) in [5.74, 6) is 0.837. The van der Waals surface area contributed by atoms with E-state index in [0.717, 1.165) is 35.2 Å². The van der Waals surface area contributed by atoms with Gasteiger partial charge in [-0.05, 0) is 18.6 Å². The molecule has 1 aromatic carbocycles. The van der Waals surface area contributed by atoms with E-state index in [-0.39, 0.29) is 0 Å². The van der Waals surface area contributed by atoms with Crippen molar-refractivity contribution >= 4 is 10.9 Å². The first-order chi connectivity index (χ1) is 7.35. The number of methoxy groups -OCH3 is 1. The zero-order valence-corrected chi connectivity index (χ0v) is 9.03. The number of hydrogen-bond acceptors (Lipinski definition) is 3. The van der Waals surface area contributed by atoms with Gasteiger partial charge >= 0.3 is 0 Å². The van der Waals surface area contributed by atoms with Crippen LogP contribution in [0.2, 0.25) is 0 Å². The Balaban J connectivity index is 2.56. The Morgan fingerprint density at radius 2 is 2.13 bits per heavy atom. The molecule has 0 bridgehead atoms. The fourth-order valence-electron chi connectivity index (χ4n) is 1.66. The zero-order valence-electron chi connectivity index (χ0n) is 9.03. The van der Waals surface area contributed by atoms with E-state index in [1.54, 1.807) is 13.4 Å². The maximum absolute atomic E-state index is 5.16. The number of nitrogens with zero attached hydrogens (tertiary/aromatic N) is 2. The smallest absolute Gasteiger partial charge is 0.121 e. The molecule has 0 aliphatic heterocycles. The number of ether oxygens (including phenoxy) is 1. The number of benzene rings is 1. The lowest BCUT2D eigenvalue weighted by Gasteiger charge is -2.05. The highest BCUT2D eigenvalue weighted by molar-refractivity contribution is 5.82. The molecule has 1 heterocycles. The molecule has 0 amide bonds. The summed E-state index contributed by atoms with van der Waals surface area (Å²) in [6, 6.07) is 5.92. The van der Waals surface area contributed by atoms with Crippen molar-refractivity contribution in [3.63, 3.8) is 0 Å². The van der Waals surface area contributed by atoms with Gasteiger partial charge in [0.15, 0.2) is 0 Å². The van der Waals surface area contributed by atoms with Crippen LogP contribution >= 0.6 is 0 Å². The van der Waals surface area contributed by atoms with Crippen molar-refractivity contribution in [2.24, 2.45) is 0 Å². The molecule has 0 saturated carbocycles. The van der Waals surface area contributed by atoms with Gasteiger partial charge in [0, 0.05) is 11.5 Å². The maximum atomic E-state index is 5.16. The summed E-state index contributed by atoms with van der Waals surface area (Å²) >= 11 is 0. The van der Waals surface area contributed by atoms with Crippen LogP contribution in [0.1, 0.15) is 19.0 Å². The number of fused-ring (bicyclic) bond motifs is 1. The van der Waals surface area contributed by atoms with Crippen LogP contribution in [0.5, 0.6) is 5.75 Å². The van der Waals surface area contributed by atoms with Crippen molar-refractivity contribution in [2.75, 3.05) is 7.11 Å². The topological polar surface area (TPSA) is 35.0 Å². The molecule has 0 radical (unpaired) electrons. The molecule has 3 heteroatoms. The summed E-state index contributed by atoms with van der Waals surface area (Å²) in [4.78, 5) is 8.54. The minimum absolute atomic E-state index is 0.837. The first kappa shape index (κ1) is 9.90. The highest BCUT2D eigenvalue weighted by Crippen LogP contribution is 2.21. The Morgan fingerprint density at radius 3 is 2.87 bits per heavy atom. The van der Waals surface area contributed by atoms with Crippen LogP contribution in [0.3, 0.4) is 0 Å². The van der Waals surface area contributed by atoms with Gasteiger partial charge in [-0.15, -0.1) is 0 Å². The highest BCUT2D eigenvalue weighted by Gasteiger charge is 2.03. The number of hydrogen-bond donors (Lipinski definition) is 0. The number of aromatic nitrogens is 2. The van der Waals surface area contributed by atoms with E-state index in [1.165, 1.54) is 0 Å². The summed E-state index contributed by atoms with van der Waals surface area (Å²) in [5, 5.41) is 1.13. The van der Waals surface area contributed by atoms with Crippen molar-refractivity contribution in [3.8, 4) is 5.75 Å². The Bertz CT molecular complexity index is 468. The van der Waals surface area contributed by atoms with Crippen molar-refractivity contribution < 1.29 is 4.74 Å². The van der Waals surface area contributed by atoms with Crippen LogP contribution in [0, 0.1) is 0 Å². The molecule has 0 aliphatic carbocycles. The SMILES string of the molecule is CCCc1ncnc2cc(OC)ccc12. The van der Waals surface area contributed by atoms with E-state index in [9.17, 15) is 0 Å². The van der Waals surface area contributed by atoms with E-state index >= 15 is 0 Å². The third-order valence-electron chi connectivity index (χ3n) is 2.41. The van der Waals surface area contributed by atoms with Crippen molar-refractivity contribution in [3.05, 3.63) is 30.2 Å². The molecule has 0 spiro atoms.